The molecule has 122 valence electrons. The Morgan fingerprint density at radius 3 is 2.38 bits per heavy atom. The number of fused-ring (bicyclic) bond motifs is 1. The van der Waals surface area contributed by atoms with Gasteiger partial charge < -0.3 is 10.3 Å². The van der Waals surface area contributed by atoms with Gasteiger partial charge in [0.1, 0.15) is 17.3 Å². The summed E-state index contributed by atoms with van der Waals surface area (Å²) in [6.07, 6.45) is 0. The SMILES string of the molecule is CC(=O)Nc1c(C(=O)c2cc(F)cc(F)c2)[nH]c2cc(Cl)ccc12. The van der Waals surface area contributed by atoms with Gasteiger partial charge in [0.25, 0.3) is 0 Å². The standard InChI is InChI=1S/C17H11ClF2N2O2/c1-8(23)21-15-13-3-2-10(18)6-14(13)22-16(15)17(24)9-4-11(19)7-12(20)5-9/h2-7,22H,1H3,(H,21,23). The minimum absolute atomic E-state index is 0.0208. The van der Waals surface area contributed by atoms with E-state index in [4.69, 9.17) is 11.6 Å². The number of carbonyl (C=O) groups is 2. The van der Waals surface area contributed by atoms with Crippen LogP contribution in [0.4, 0.5) is 14.5 Å². The van der Waals surface area contributed by atoms with E-state index in [1.807, 2.05) is 0 Å². The Kier molecular flexibility index (Phi) is 4.07. The van der Waals surface area contributed by atoms with Crippen molar-refractivity contribution in [3.05, 3.63) is 64.3 Å². The van der Waals surface area contributed by atoms with Gasteiger partial charge in [-0.05, 0) is 30.3 Å². The Labute approximate surface area is 140 Å². The number of amides is 1. The number of ketones is 1. The highest BCUT2D eigenvalue weighted by atomic mass is 35.5. The smallest absolute Gasteiger partial charge is 0.221 e. The summed E-state index contributed by atoms with van der Waals surface area (Å²) in [7, 11) is 0. The monoisotopic (exact) mass is 348 g/mol. The molecule has 24 heavy (non-hydrogen) atoms. The van der Waals surface area contributed by atoms with E-state index in [2.05, 4.69) is 10.3 Å². The summed E-state index contributed by atoms with van der Waals surface area (Å²) in [5.41, 5.74) is 0.611. The van der Waals surface area contributed by atoms with Crippen molar-refractivity contribution in [3.8, 4) is 0 Å². The van der Waals surface area contributed by atoms with Gasteiger partial charge in [-0.3, -0.25) is 9.59 Å². The van der Waals surface area contributed by atoms with Gasteiger partial charge in [-0.1, -0.05) is 11.6 Å². The molecule has 1 heterocycles. The van der Waals surface area contributed by atoms with Gasteiger partial charge in [0, 0.05) is 34.5 Å². The molecular weight excluding hydrogens is 338 g/mol. The molecule has 1 amide bonds. The number of anilines is 1. The van der Waals surface area contributed by atoms with E-state index in [1.54, 1.807) is 18.2 Å². The van der Waals surface area contributed by atoms with E-state index in [1.165, 1.54) is 6.92 Å². The first-order chi connectivity index (χ1) is 11.3. The maximum absolute atomic E-state index is 13.4. The summed E-state index contributed by atoms with van der Waals surface area (Å²) >= 11 is 5.93. The third-order valence-electron chi connectivity index (χ3n) is 3.41. The molecule has 1 aromatic heterocycles. The number of nitrogens with one attached hydrogen (secondary N) is 2. The Morgan fingerprint density at radius 2 is 1.75 bits per heavy atom. The van der Waals surface area contributed by atoms with Gasteiger partial charge in [0.2, 0.25) is 11.7 Å². The summed E-state index contributed by atoms with van der Waals surface area (Å²) in [5, 5.41) is 3.58. The van der Waals surface area contributed by atoms with E-state index in [0.29, 0.717) is 22.0 Å². The van der Waals surface area contributed by atoms with Crippen LogP contribution in [-0.4, -0.2) is 16.7 Å². The van der Waals surface area contributed by atoms with Gasteiger partial charge in [-0.25, -0.2) is 8.78 Å². The van der Waals surface area contributed by atoms with Crippen LogP contribution >= 0.6 is 11.6 Å². The molecule has 0 radical (unpaired) electrons. The molecule has 2 aromatic carbocycles. The van der Waals surface area contributed by atoms with Crippen LogP contribution in [0.3, 0.4) is 0 Å². The zero-order valence-electron chi connectivity index (χ0n) is 12.4. The molecule has 4 nitrogen and oxygen atoms in total. The fraction of sp³-hybridized carbons (Fsp3) is 0.0588. The molecule has 0 fully saturated rings. The molecule has 0 bridgehead atoms. The molecule has 3 rings (SSSR count). The molecular formula is C17H11ClF2N2O2. The molecule has 0 spiro atoms. The molecule has 0 aliphatic rings. The topological polar surface area (TPSA) is 62.0 Å². The van der Waals surface area contributed by atoms with Crippen LogP contribution in [0.15, 0.2) is 36.4 Å². The Bertz CT molecular complexity index is 962. The number of halogens is 3. The normalized spacial score (nSPS) is 10.8. The number of hydrogen-bond acceptors (Lipinski definition) is 2. The van der Waals surface area contributed by atoms with Crippen molar-refractivity contribution in [2.24, 2.45) is 0 Å². The van der Waals surface area contributed by atoms with Gasteiger partial charge in [0.05, 0.1) is 5.69 Å². The van der Waals surface area contributed by atoms with Crippen LogP contribution in [0, 0.1) is 11.6 Å². The van der Waals surface area contributed by atoms with E-state index in [-0.39, 0.29) is 22.9 Å². The van der Waals surface area contributed by atoms with Crippen molar-refractivity contribution < 1.29 is 18.4 Å². The van der Waals surface area contributed by atoms with Crippen LogP contribution in [0.1, 0.15) is 23.0 Å². The summed E-state index contributed by atoms with van der Waals surface area (Å²) in [6.45, 7) is 1.30. The van der Waals surface area contributed by atoms with Crippen LogP contribution in [-0.2, 0) is 4.79 Å². The first-order valence-corrected chi connectivity index (χ1v) is 7.32. The zero-order valence-corrected chi connectivity index (χ0v) is 13.2. The first-order valence-electron chi connectivity index (χ1n) is 6.95. The Hall–Kier alpha value is -2.73. The summed E-state index contributed by atoms with van der Waals surface area (Å²) in [5.74, 6) is -2.76. The highest BCUT2D eigenvalue weighted by Gasteiger charge is 2.21. The molecule has 0 aliphatic carbocycles. The maximum Gasteiger partial charge on any atom is 0.221 e. The van der Waals surface area contributed by atoms with E-state index < -0.39 is 17.4 Å². The minimum Gasteiger partial charge on any atom is -0.350 e. The fourth-order valence-electron chi connectivity index (χ4n) is 2.48. The highest BCUT2D eigenvalue weighted by Crippen LogP contribution is 2.31. The summed E-state index contributed by atoms with van der Waals surface area (Å²) < 4.78 is 26.8. The Balaban J connectivity index is 2.20. The first kappa shape index (κ1) is 16.1. The molecule has 0 saturated carbocycles. The van der Waals surface area contributed by atoms with Crippen LogP contribution in [0.2, 0.25) is 5.02 Å². The van der Waals surface area contributed by atoms with Crippen LogP contribution < -0.4 is 5.32 Å². The number of aromatic amines is 1. The second-order valence-corrected chi connectivity index (χ2v) is 5.67. The van der Waals surface area contributed by atoms with Crippen molar-refractivity contribution in [2.75, 3.05) is 5.32 Å². The molecule has 0 saturated heterocycles. The number of rotatable bonds is 3. The lowest BCUT2D eigenvalue weighted by molar-refractivity contribution is -0.114. The van der Waals surface area contributed by atoms with Gasteiger partial charge >= 0.3 is 0 Å². The molecule has 7 heteroatoms. The molecule has 3 aromatic rings. The van der Waals surface area contributed by atoms with Gasteiger partial charge in [0.15, 0.2) is 0 Å². The number of benzene rings is 2. The molecule has 0 atom stereocenters. The van der Waals surface area contributed by atoms with E-state index in [9.17, 15) is 18.4 Å². The second-order valence-electron chi connectivity index (χ2n) is 5.23. The number of carbonyl (C=O) groups excluding carboxylic acids is 2. The lowest BCUT2D eigenvalue weighted by Gasteiger charge is -2.05. The average molecular weight is 349 g/mol. The predicted molar refractivity (Wildman–Crippen MR) is 87.4 cm³/mol. The minimum atomic E-state index is -0.862. The number of H-pyrrole nitrogens is 1. The second kappa shape index (κ2) is 6.05. The third-order valence-corrected chi connectivity index (χ3v) is 3.65. The van der Waals surface area contributed by atoms with Gasteiger partial charge in [-0.2, -0.15) is 0 Å². The quantitative estimate of drug-likeness (QED) is 0.694. The average Bonchev–Trinajstić information content (AvgIpc) is 2.82. The number of hydrogen-bond donors (Lipinski definition) is 2. The maximum atomic E-state index is 13.4. The van der Waals surface area contributed by atoms with Crippen molar-refractivity contribution >= 4 is 39.9 Å². The lowest BCUT2D eigenvalue weighted by atomic mass is 10.1. The molecule has 0 unspecified atom stereocenters. The van der Waals surface area contributed by atoms with E-state index >= 15 is 0 Å². The van der Waals surface area contributed by atoms with Crippen LogP contribution in [0.25, 0.3) is 10.9 Å². The number of aromatic nitrogens is 1. The molecule has 2 N–H and O–H groups in total. The molecule has 0 aliphatic heterocycles. The van der Waals surface area contributed by atoms with Gasteiger partial charge in [-0.15, -0.1) is 0 Å². The fourth-order valence-corrected chi connectivity index (χ4v) is 2.65. The summed E-state index contributed by atoms with van der Waals surface area (Å²) in [4.78, 5) is 27.0. The Morgan fingerprint density at radius 1 is 1.08 bits per heavy atom. The highest BCUT2D eigenvalue weighted by molar-refractivity contribution is 6.31. The zero-order chi connectivity index (χ0) is 17.4. The van der Waals surface area contributed by atoms with Crippen molar-refractivity contribution in [3.63, 3.8) is 0 Å². The van der Waals surface area contributed by atoms with Crippen molar-refractivity contribution in [2.45, 2.75) is 6.92 Å². The van der Waals surface area contributed by atoms with Crippen LogP contribution in [0.5, 0.6) is 0 Å². The van der Waals surface area contributed by atoms with E-state index in [0.717, 1.165) is 12.1 Å². The lowest BCUT2D eigenvalue weighted by Crippen LogP contribution is -2.11. The summed E-state index contributed by atoms with van der Waals surface area (Å²) in [6, 6.07) is 7.38. The van der Waals surface area contributed by atoms with Crippen molar-refractivity contribution in [1.82, 2.24) is 4.98 Å². The predicted octanol–water partition coefficient (Wildman–Crippen LogP) is 4.29. The van der Waals surface area contributed by atoms with Crippen molar-refractivity contribution in [1.29, 1.82) is 0 Å². The largest absolute Gasteiger partial charge is 0.350 e. The third kappa shape index (κ3) is 3.00.